The molecule has 2 N–H and O–H groups in total. The van der Waals surface area contributed by atoms with Crippen LogP contribution in [0.25, 0.3) is 0 Å². The molecule has 0 saturated carbocycles. The molecule has 21 heavy (non-hydrogen) atoms. The molecule has 2 rings (SSSR count). The number of hydrogen-bond acceptors (Lipinski definition) is 4. The lowest BCUT2D eigenvalue weighted by molar-refractivity contribution is 0.0181. The van der Waals surface area contributed by atoms with E-state index in [9.17, 15) is 9.59 Å². The topological polar surface area (TPSA) is 103 Å². The molecule has 0 bridgehead atoms. The van der Waals surface area contributed by atoms with Crippen LogP contribution >= 0.6 is 11.6 Å². The van der Waals surface area contributed by atoms with E-state index in [0.717, 1.165) is 0 Å². The highest BCUT2D eigenvalue weighted by Gasteiger charge is 2.24. The van der Waals surface area contributed by atoms with E-state index in [1.807, 2.05) is 6.07 Å². The van der Waals surface area contributed by atoms with Gasteiger partial charge >= 0.3 is 12.0 Å². The van der Waals surface area contributed by atoms with Crippen LogP contribution < -0.4 is 5.32 Å². The predicted molar refractivity (Wildman–Crippen MR) is 74.4 cm³/mol. The number of anilines is 1. The van der Waals surface area contributed by atoms with Crippen LogP contribution in [0.15, 0.2) is 18.2 Å². The van der Waals surface area contributed by atoms with Gasteiger partial charge in [-0.15, -0.1) is 0 Å². The van der Waals surface area contributed by atoms with E-state index in [4.69, 9.17) is 26.7 Å². The molecule has 7 nitrogen and oxygen atoms in total. The minimum atomic E-state index is -1.14. The predicted octanol–water partition coefficient (Wildman–Crippen LogP) is 1.79. The Kier molecular flexibility index (Phi) is 4.62. The molecule has 1 fully saturated rings. The Labute approximate surface area is 125 Å². The highest BCUT2D eigenvalue weighted by Crippen LogP contribution is 2.20. The second-order valence-electron chi connectivity index (χ2n) is 4.40. The maximum Gasteiger partial charge on any atom is 0.335 e. The molecule has 8 heteroatoms. The van der Waals surface area contributed by atoms with E-state index in [1.54, 1.807) is 0 Å². The molecule has 1 aromatic rings. The normalized spacial score (nSPS) is 17.9. The van der Waals surface area contributed by atoms with Gasteiger partial charge in [-0.1, -0.05) is 11.6 Å². The number of nitrogens with zero attached hydrogens (tertiary/aromatic N) is 2. The molecule has 1 atom stereocenters. The van der Waals surface area contributed by atoms with Crippen molar-refractivity contribution in [1.82, 2.24) is 4.90 Å². The standard InChI is InChI=1S/C13H12ClN3O4/c14-9-3-8(12(18)19)4-10(5-9)16-13(20)17-1-2-21-11(6-15)7-17/h3-5,11H,1-2,7H2,(H,16,20)(H,18,19). The third kappa shape index (κ3) is 3.84. The number of nitrogens with one attached hydrogen (secondary N) is 1. The molecular formula is C13H12ClN3O4. The van der Waals surface area contributed by atoms with Crippen molar-refractivity contribution < 1.29 is 19.4 Å². The first kappa shape index (κ1) is 15.1. The number of morpholine rings is 1. The molecule has 1 saturated heterocycles. The van der Waals surface area contributed by atoms with Gasteiger partial charge in [0.2, 0.25) is 0 Å². The lowest BCUT2D eigenvalue weighted by Gasteiger charge is -2.29. The Morgan fingerprint density at radius 2 is 2.24 bits per heavy atom. The maximum absolute atomic E-state index is 12.1. The molecule has 0 aliphatic carbocycles. The summed E-state index contributed by atoms with van der Waals surface area (Å²) in [5.41, 5.74) is 0.263. The van der Waals surface area contributed by atoms with Gasteiger partial charge < -0.3 is 20.1 Å². The number of halogens is 1. The van der Waals surface area contributed by atoms with Crippen molar-refractivity contribution in [1.29, 1.82) is 5.26 Å². The van der Waals surface area contributed by atoms with Crippen molar-refractivity contribution in [3.05, 3.63) is 28.8 Å². The summed E-state index contributed by atoms with van der Waals surface area (Å²) in [7, 11) is 0. The van der Waals surface area contributed by atoms with Gasteiger partial charge in [-0.3, -0.25) is 0 Å². The number of carboxylic acid groups (broad SMARTS) is 1. The summed E-state index contributed by atoms with van der Waals surface area (Å²) in [6.45, 7) is 0.798. The van der Waals surface area contributed by atoms with E-state index in [0.29, 0.717) is 6.54 Å². The van der Waals surface area contributed by atoms with Gasteiger partial charge in [0.1, 0.15) is 0 Å². The number of carbonyl (C=O) groups excluding carboxylic acids is 1. The van der Waals surface area contributed by atoms with Gasteiger partial charge in [-0.2, -0.15) is 5.26 Å². The summed E-state index contributed by atoms with van der Waals surface area (Å²) in [5.74, 6) is -1.14. The van der Waals surface area contributed by atoms with E-state index in [1.165, 1.54) is 23.1 Å². The highest BCUT2D eigenvalue weighted by molar-refractivity contribution is 6.31. The Morgan fingerprint density at radius 3 is 2.90 bits per heavy atom. The van der Waals surface area contributed by atoms with E-state index in [2.05, 4.69) is 5.32 Å². The van der Waals surface area contributed by atoms with Crippen LogP contribution in [-0.4, -0.2) is 47.8 Å². The Morgan fingerprint density at radius 1 is 1.48 bits per heavy atom. The van der Waals surface area contributed by atoms with Crippen molar-refractivity contribution in [3.8, 4) is 6.07 Å². The van der Waals surface area contributed by atoms with Gasteiger partial charge in [0.15, 0.2) is 6.10 Å². The van der Waals surface area contributed by atoms with Gasteiger partial charge in [-0.05, 0) is 18.2 Å². The molecule has 1 aromatic carbocycles. The van der Waals surface area contributed by atoms with E-state index in [-0.39, 0.29) is 29.4 Å². The molecule has 1 aliphatic rings. The monoisotopic (exact) mass is 309 g/mol. The molecule has 0 spiro atoms. The second kappa shape index (κ2) is 6.43. The number of carboxylic acids is 1. The Hall–Kier alpha value is -2.30. The van der Waals surface area contributed by atoms with Crippen LogP contribution in [0.4, 0.5) is 10.5 Å². The maximum atomic E-state index is 12.1. The van der Waals surface area contributed by atoms with Crippen LogP contribution in [-0.2, 0) is 4.74 Å². The first-order valence-electron chi connectivity index (χ1n) is 6.10. The van der Waals surface area contributed by atoms with Crippen LogP contribution in [0.1, 0.15) is 10.4 Å². The first-order chi connectivity index (χ1) is 9.99. The molecule has 1 unspecified atom stereocenters. The number of benzene rings is 1. The lowest BCUT2D eigenvalue weighted by atomic mass is 10.2. The second-order valence-corrected chi connectivity index (χ2v) is 4.83. The number of ether oxygens (including phenoxy) is 1. The zero-order valence-electron chi connectivity index (χ0n) is 10.9. The van der Waals surface area contributed by atoms with E-state index < -0.39 is 18.1 Å². The summed E-state index contributed by atoms with van der Waals surface area (Å²) in [6.07, 6.45) is -0.654. The average Bonchev–Trinajstić information content (AvgIpc) is 2.46. The third-order valence-corrected chi connectivity index (χ3v) is 3.11. The van der Waals surface area contributed by atoms with E-state index >= 15 is 0 Å². The first-order valence-corrected chi connectivity index (χ1v) is 6.48. The van der Waals surface area contributed by atoms with Crippen molar-refractivity contribution in [2.75, 3.05) is 25.0 Å². The van der Waals surface area contributed by atoms with Gasteiger partial charge in [-0.25, -0.2) is 9.59 Å². The zero-order valence-corrected chi connectivity index (χ0v) is 11.6. The number of hydrogen-bond donors (Lipinski definition) is 2. The lowest BCUT2D eigenvalue weighted by Crippen LogP contribution is -2.46. The van der Waals surface area contributed by atoms with Crippen molar-refractivity contribution in [2.24, 2.45) is 0 Å². The summed E-state index contributed by atoms with van der Waals surface area (Å²) >= 11 is 5.82. The largest absolute Gasteiger partial charge is 0.478 e. The highest BCUT2D eigenvalue weighted by atomic mass is 35.5. The third-order valence-electron chi connectivity index (χ3n) is 2.89. The van der Waals surface area contributed by atoms with Crippen LogP contribution in [0.5, 0.6) is 0 Å². The number of nitriles is 1. The number of carbonyl (C=O) groups is 2. The van der Waals surface area contributed by atoms with Crippen molar-refractivity contribution >= 4 is 29.3 Å². The minimum absolute atomic E-state index is 0.0188. The summed E-state index contributed by atoms with van der Waals surface area (Å²) in [6, 6.07) is 5.57. The molecule has 2 amide bonds. The average molecular weight is 310 g/mol. The number of aromatic carboxylic acids is 1. The van der Waals surface area contributed by atoms with Crippen LogP contribution in [0.3, 0.4) is 0 Å². The number of amides is 2. The summed E-state index contributed by atoms with van der Waals surface area (Å²) in [4.78, 5) is 24.5. The Balaban J connectivity index is 2.09. The summed E-state index contributed by atoms with van der Waals surface area (Å²) in [5, 5.41) is 20.5. The molecule has 1 aliphatic heterocycles. The quantitative estimate of drug-likeness (QED) is 0.867. The zero-order chi connectivity index (χ0) is 15.4. The molecule has 1 heterocycles. The smallest absolute Gasteiger partial charge is 0.335 e. The minimum Gasteiger partial charge on any atom is -0.478 e. The number of urea groups is 1. The van der Waals surface area contributed by atoms with Crippen LogP contribution in [0, 0.1) is 11.3 Å². The van der Waals surface area contributed by atoms with Crippen molar-refractivity contribution in [2.45, 2.75) is 6.10 Å². The van der Waals surface area contributed by atoms with Crippen LogP contribution in [0.2, 0.25) is 5.02 Å². The van der Waals surface area contributed by atoms with Crippen molar-refractivity contribution in [3.63, 3.8) is 0 Å². The van der Waals surface area contributed by atoms with Gasteiger partial charge in [0.25, 0.3) is 0 Å². The SMILES string of the molecule is N#CC1CN(C(=O)Nc2cc(Cl)cc(C(=O)O)c2)CCO1. The fourth-order valence-corrected chi connectivity index (χ4v) is 2.13. The fraction of sp³-hybridized carbons (Fsp3) is 0.308. The number of rotatable bonds is 2. The molecule has 0 radical (unpaired) electrons. The van der Waals surface area contributed by atoms with Gasteiger partial charge in [0.05, 0.1) is 24.8 Å². The fourth-order valence-electron chi connectivity index (χ4n) is 1.90. The molecule has 110 valence electrons. The molecule has 0 aromatic heterocycles. The Bertz CT molecular complexity index is 614. The summed E-state index contributed by atoms with van der Waals surface area (Å²) < 4.78 is 5.15. The van der Waals surface area contributed by atoms with Gasteiger partial charge in [0, 0.05) is 17.3 Å². The molecular weight excluding hydrogens is 298 g/mol.